The first-order chi connectivity index (χ1) is 9.18. The van der Waals surface area contributed by atoms with E-state index >= 15 is 0 Å². The largest absolute Gasteiger partial charge is 0.324 e. The van der Waals surface area contributed by atoms with Crippen LogP contribution in [0.3, 0.4) is 0 Å². The Morgan fingerprint density at radius 1 is 1.11 bits per heavy atom. The maximum atomic E-state index is 6.47. The summed E-state index contributed by atoms with van der Waals surface area (Å²) in [6, 6.07) is 17.2. The summed E-state index contributed by atoms with van der Waals surface area (Å²) >= 11 is 3.67. The highest BCUT2D eigenvalue weighted by atomic mass is 79.9. The van der Waals surface area contributed by atoms with Gasteiger partial charge in [0.1, 0.15) is 0 Å². The lowest BCUT2D eigenvalue weighted by atomic mass is 9.98. The summed E-state index contributed by atoms with van der Waals surface area (Å²) < 4.78 is 1.17. The Labute approximate surface area is 123 Å². The molecule has 0 aliphatic heterocycles. The van der Waals surface area contributed by atoms with Crippen LogP contribution in [0.25, 0.3) is 0 Å². The van der Waals surface area contributed by atoms with Crippen molar-refractivity contribution >= 4 is 15.9 Å². The summed E-state index contributed by atoms with van der Waals surface area (Å²) in [5, 5.41) is 0. The monoisotopic (exact) mass is 315 g/mol. The molecule has 98 valence electrons. The Hall–Kier alpha value is -1.12. The second kappa shape index (κ2) is 5.10. The van der Waals surface area contributed by atoms with E-state index in [0.717, 1.165) is 0 Å². The quantitative estimate of drug-likeness (QED) is 0.882. The number of halogens is 1. The molecule has 0 saturated heterocycles. The van der Waals surface area contributed by atoms with Gasteiger partial charge in [-0.25, -0.2) is 0 Å². The van der Waals surface area contributed by atoms with Crippen molar-refractivity contribution in [2.45, 2.75) is 25.3 Å². The van der Waals surface area contributed by atoms with Crippen molar-refractivity contribution in [2.24, 2.45) is 11.7 Å². The SMILES string of the molecule is Cc1cccc(C(N)C2CC2c2ccccc2)c1Br. The summed E-state index contributed by atoms with van der Waals surface area (Å²) in [6.07, 6.45) is 1.20. The minimum atomic E-state index is 0.125. The first-order valence-corrected chi connectivity index (χ1v) is 7.53. The van der Waals surface area contributed by atoms with E-state index in [4.69, 9.17) is 5.73 Å². The van der Waals surface area contributed by atoms with Crippen LogP contribution in [-0.2, 0) is 0 Å². The van der Waals surface area contributed by atoms with E-state index in [1.54, 1.807) is 0 Å². The van der Waals surface area contributed by atoms with Crippen molar-refractivity contribution in [1.82, 2.24) is 0 Å². The molecule has 0 amide bonds. The lowest BCUT2D eigenvalue weighted by Crippen LogP contribution is -2.14. The van der Waals surface area contributed by atoms with Crippen molar-refractivity contribution in [2.75, 3.05) is 0 Å². The molecule has 3 atom stereocenters. The standard InChI is InChI=1S/C17H18BrN/c1-11-6-5-9-13(16(11)18)17(19)15-10-14(15)12-7-3-2-4-8-12/h2-9,14-15,17H,10,19H2,1H3. The Balaban J connectivity index is 1.80. The molecule has 0 radical (unpaired) electrons. The van der Waals surface area contributed by atoms with Crippen molar-refractivity contribution in [3.05, 3.63) is 69.7 Å². The van der Waals surface area contributed by atoms with Crippen molar-refractivity contribution in [3.8, 4) is 0 Å². The highest BCUT2D eigenvalue weighted by molar-refractivity contribution is 9.10. The number of aryl methyl sites for hydroxylation is 1. The number of nitrogens with two attached hydrogens (primary N) is 1. The molecule has 0 bridgehead atoms. The van der Waals surface area contributed by atoms with Crippen LogP contribution in [0.1, 0.15) is 35.1 Å². The molecule has 1 nitrogen and oxygen atoms in total. The highest BCUT2D eigenvalue weighted by Gasteiger charge is 2.43. The van der Waals surface area contributed by atoms with Crippen LogP contribution in [0.5, 0.6) is 0 Å². The minimum absolute atomic E-state index is 0.125. The van der Waals surface area contributed by atoms with Crippen LogP contribution in [0, 0.1) is 12.8 Å². The van der Waals surface area contributed by atoms with Gasteiger partial charge in [-0.1, -0.05) is 64.5 Å². The van der Waals surface area contributed by atoms with Crippen LogP contribution in [-0.4, -0.2) is 0 Å². The molecule has 2 N–H and O–H groups in total. The van der Waals surface area contributed by atoms with E-state index < -0.39 is 0 Å². The van der Waals surface area contributed by atoms with E-state index in [9.17, 15) is 0 Å². The van der Waals surface area contributed by atoms with Gasteiger partial charge in [0, 0.05) is 10.5 Å². The fourth-order valence-electron chi connectivity index (χ4n) is 2.85. The van der Waals surface area contributed by atoms with Gasteiger partial charge in [0.25, 0.3) is 0 Å². The third kappa shape index (κ3) is 2.47. The summed E-state index contributed by atoms with van der Waals surface area (Å²) in [4.78, 5) is 0. The Bertz CT molecular complexity index is 579. The molecule has 19 heavy (non-hydrogen) atoms. The molecule has 0 aromatic heterocycles. The van der Waals surface area contributed by atoms with Crippen LogP contribution in [0.15, 0.2) is 53.0 Å². The summed E-state index contributed by atoms with van der Waals surface area (Å²) in [6.45, 7) is 2.11. The van der Waals surface area contributed by atoms with Crippen molar-refractivity contribution in [3.63, 3.8) is 0 Å². The number of benzene rings is 2. The maximum Gasteiger partial charge on any atom is 0.0340 e. The minimum Gasteiger partial charge on any atom is -0.324 e. The molecule has 3 rings (SSSR count). The molecule has 1 aliphatic carbocycles. The molecule has 2 aromatic rings. The van der Waals surface area contributed by atoms with Gasteiger partial charge in [-0.2, -0.15) is 0 Å². The number of hydrogen-bond donors (Lipinski definition) is 1. The fraction of sp³-hybridized carbons (Fsp3) is 0.294. The smallest absolute Gasteiger partial charge is 0.0340 e. The van der Waals surface area contributed by atoms with Gasteiger partial charge < -0.3 is 5.73 Å². The Morgan fingerprint density at radius 3 is 2.58 bits per heavy atom. The molecule has 1 aliphatic rings. The van der Waals surface area contributed by atoms with Crippen LogP contribution in [0.2, 0.25) is 0 Å². The van der Waals surface area contributed by atoms with Gasteiger partial charge in [-0.15, -0.1) is 0 Å². The second-order valence-electron chi connectivity index (χ2n) is 5.42. The van der Waals surface area contributed by atoms with Crippen molar-refractivity contribution in [1.29, 1.82) is 0 Å². The zero-order valence-electron chi connectivity index (χ0n) is 11.0. The zero-order valence-corrected chi connectivity index (χ0v) is 12.6. The number of rotatable bonds is 3. The van der Waals surface area contributed by atoms with E-state index in [1.165, 1.54) is 27.6 Å². The average molecular weight is 316 g/mol. The lowest BCUT2D eigenvalue weighted by Gasteiger charge is -2.15. The summed E-state index contributed by atoms with van der Waals surface area (Å²) in [5.74, 6) is 1.20. The Kier molecular flexibility index (Phi) is 3.46. The zero-order chi connectivity index (χ0) is 13.4. The van der Waals surface area contributed by atoms with Gasteiger partial charge >= 0.3 is 0 Å². The molecule has 1 fully saturated rings. The van der Waals surface area contributed by atoms with Crippen molar-refractivity contribution < 1.29 is 0 Å². The Morgan fingerprint density at radius 2 is 1.84 bits per heavy atom. The third-order valence-electron chi connectivity index (χ3n) is 4.11. The summed E-state index contributed by atoms with van der Waals surface area (Å²) in [5.41, 5.74) is 10.4. The average Bonchev–Trinajstić information content (AvgIpc) is 3.22. The predicted octanol–water partition coefficient (Wildman–Crippen LogP) is 4.56. The predicted molar refractivity (Wildman–Crippen MR) is 83.1 cm³/mol. The van der Waals surface area contributed by atoms with Gasteiger partial charge in [-0.3, -0.25) is 0 Å². The maximum absolute atomic E-state index is 6.47. The molecular weight excluding hydrogens is 298 g/mol. The molecule has 2 aromatic carbocycles. The third-order valence-corrected chi connectivity index (χ3v) is 5.19. The van der Waals surface area contributed by atoms with Gasteiger partial charge in [0.15, 0.2) is 0 Å². The topological polar surface area (TPSA) is 26.0 Å². The van der Waals surface area contributed by atoms with Gasteiger partial charge in [0.2, 0.25) is 0 Å². The molecule has 0 heterocycles. The molecule has 0 spiro atoms. The molecule has 1 saturated carbocycles. The lowest BCUT2D eigenvalue weighted by molar-refractivity contribution is 0.613. The molecular formula is C17H18BrN. The van der Waals surface area contributed by atoms with E-state index in [0.29, 0.717) is 11.8 Å². The normalized spacial score (nSPS) is 23.1. The fourth-order valence-corrected chi connectivity index (χ4v) is 3.38. The van der Waals surface area contributed by atoms with E-state index in [2.05, 4.69) is 71.4 Å². The van der Waals surface area contributed by atoms with E-state index in [-0.39, 0.29) is 6.04 Å². The highest BCUT2D eigenvalue weighted by Crippen LogP contribution is 2.53. The molecule has 3 unspecified atom stereocenters. The first-order valence-electron chi connectivity index (χ1n) is 6.74. The van der Waals surface area contributed by atoms with E-state index in [1.807, 2.05) is 0 Å². The first kappa shape index (κ1) is 12.9. The van der Waals surface area contributed by atoms with Crippen LogP contribution < -0.4 is 5.73 Å². The van der Waals surface area contributed by atoms with Crippen LogP contribution >= 0.6 is 15.9 Å². The summed E-state index contributed by atoms with van der Waals surface area (Å²) in [7, 11) is 0. The van der Waals surface area contributed by atoms with Crippen LogP contribution in [0.4, 0.5) is 0 Å². The van der Waals surface area contributed by atoms with Gasteiger partial charge in [0.05, 0.1) is 0 Å². The van der Waals surface area contributed by atoms with Gasteiger partial charge in [-0.05, 0) is 41.9 Å². The molecule has 2 heteroatoms. The number of hydrogen-bond acceptors (Lipinski definition) is 1. The second-order valence-corrected chi connectivity index (χ2v) is 6.21.